The first-order chi connectivity index (χ1) is 14.2. The van der Waals surface area contributed by atoms with Crippen LogP contribution >= 0.6 is 0 Å². The number of aryl methyl sites for hydroxylation is 1. The molecule has 0 aliphatic carbocycles. The van der Waals surface area contributed by atoms with Crippen molar-refractivity contribution in [2.24, 2.45) is 0 Å². The maximum Gasteiger partial charge on any atom is 0.255 e. The average Bonchev–Trinajstić information content (AvgIpc) is 3.18. The molecule has 0 bridgehead atoms. The van der Waals surface area contributed by atoms with Gasteiger partial charge in [-0.3, -0.25) is 4.79 Å². The minimum absolute atomic E-state index is 0.212. The Bertz CT molecular complexity index is 1150. The molecule has 0 fully saturated rings. The Kier molecular flexibility index (Phi) is 5.11. The zero-order valence-corrected chi connectivity index (χ0v) is 16.1. The van der Waals surface area contributed by atoms with Crippen molar-refractivity contribution in [3.05, 3.63) is 72.3 Å². The molecule has 1 N–H and O–H groups in total. The van der Waals surface area contributed by atoms with E-state index >= 15 is 0 Å². The van der Waals surface area contributed by atoms with Gasteiger partial charge in [0.15, 0.2) is 11.5 Å². The number of aromatic nitrogens is 3. The highest BCUT2D eigenvalue weighted by atomic mass is 16.5. The van der Waals surface area contributed by atoms with E-state index in [4.69, 9.17) is 9.47 Å². The SMILES string of the molecule is CCn1nnc2cc(C(=O)Nc3ccc(Oc4ccccc4OC)cc3)ccc21. The number of hydrogen-bond acceptors (Lipinski definition) is 5. The monoisotopic (exact) mass is 388 g/mol. The molecule has 0 aliphatic heterocycles. The van der Waals surface area contributed by atoms with Gasteiger partial charge >= 0.3 is 0 Å². The van der Waals surface area contributed by atoms with Gasteiger partial charge in [-0.15, -0.1) is 5.10 Å². The Hall–Kier alpha value is -3.87. The second kappa shape index (κ2) is 8.02. The fourth-order valence-electron chi connectivity index (χ4n) is 2.99. The van der Waals surface area contributed by atoms with Gasteiger partial charge in [-0.05, 0) is 61.5 Å². The molecule has 0 radical (unpaired) electrons. The summed E-state index contributed by atoms with van der Waals surface area (Å²) in [5.41, 5.74) is 2.79. The van der Waals surface area contributed by atoms with E-state index in [2.05, 4.69) is 15.6 Å². The number of para-hydroxylation sites is 2. The van der Waals surface area contributed by atoms with E-state index < -0.39 is 0 Å². The summed E-state index contributed by atoms with van der Waals surface area (Å²) in [5, 5.41) is 11.1. The number of rotatable bonds is 6. The second-order valence-electron chi connectivity index (χ2n) is 6.34. The molecule has 1 amide bonds. The molecule has 0 saturated heterocycles. The summed E-state index contributed by atoms with van der Waals surface area (Å²) in [7, 11) is 1.60. The highest BCUT2D eigenvalue weighted by Crippen LogP contribution is 2.31. The van der Waals surface area contributed by atoms with Crippen molar-refractivity contribution in [3.8, 4) is 17.2 Å². The third-order valence-electron chi connectivity index (χ3n) is 4.48. The first-order valence-electron chi connectivity index (χ1n) is 9.23. The minimum atomic E-state index is -0.212. The average molecular weight is 388 g/mol. The number of anilines is 1. The lowest BCUT2D eigenvalue weighted by molar-refractivity contribution is 0.102. The molecule has 0 aliphatic rings. The molecule has 1 heterocycles. The van der Waals surface area contributed by atoms with E-state index in [1.54, 1.807) is 48.2 Å². The molecule has 3 aromatic carbocycles. The first-order valence-corrected chi connectivity index (χ1v) is 9.23. The van der Waals surface area contributed by atoms with Crippen LogP contribution in [0.3, 0.4) is 0 Å². The van der Waals surface area contributed by atoms with Gasteiger partial charge in [0.05, 0.1) is 12.6 Å². The van der Waals surface area contributed by atoms with Crippen LogP contribution in [0.1, 0.15) is 17.3 Å². The number of hydrogen-bond donors (Lipinski definition) is 1. The van der Waals surface area contributed by atoms with Gasteiger partial charge in [-0.25, -0.2) is 4.68 Å². The fraction of sp³-hybridized carbons (Fsp3) is 0.136. The van der Waals surface area contributed by atoms with Crippen molar-refractivity contribution in [3.63, 3.8) is 0 Å². The number of fused-ring (bicyclic) bond motifs is 1. The van der Waals surface area contributed by atoms with Crippen molar-refractivity contribution in [2.45, 2.75) is 13.5 Å². The Balaban J connectivity index is 1.46. The molecule has 7 nitrogen and oxygen atoms in total. The maximum absolute atomic E-state index is 12.6. The van der Waals surface area contributed by atoms with Crippen LogP contribution in [-0.2, 0) is 6.54 Å². The Labute approximate surface area is 167 Å². The summed E-state index contributed by atoms with van der Waals surface area (Å²) >= 11 is 0. The van der Waals surface area contributed by atoms with E-state index in [-0.39, 0.29) is 5.91 Å². The van der Waals surface area contributed by atoms with Crippen molar-refractivity contribution >= 4 is 22.6 Å². The van der Waals surface area contributed by atoms with Gasteiger partial charge in [0.25, 0.3) is 5.91 Å². The first kappa shape index (κ1) is 18.5. The van der Waals surface area contributed by atoms with Crippen LogP contribution in [-0.4, -0.2) is 28.0 Å². The Morgan fingerprint density at radius 2 is 1.79 bits per heavy atom. The van der Waals surface area contributed by atoms with Gasteiger partial charge in [0, 0.05) is 17.8 Å². The number of carbonyl (C=O) groups is 1. The smallest absolute Gasteiger partial charge is 0.255 e. The van der Waals surface area contributed by atoms with E-state index in [0.717, 1.165) is 12.1 Å². The van der Waals surface area contributed by atoms with Crippen molar-refractivity contribution in [1.82, 2.24) is 15.0 Å². The highest BCUT2D eigenvalue weighted by molar-refractivity contribution is 6.05. The number of benzene rings is 3. The molecule has 146 valence electrons. The van der Waals surface area contributed by atoms with E-state index in [9.17, 15) is 4.79 Å². The predicted molar refractivity (Wildman–Crippen MR) is 111 cm³/mol. The number of amides is 1. The number of nitrogens with zero attached hydrogens (tertiary/aromatic N) is 3. The molecule has 4 rings (SSSR count). The minimum Gasteiger partial charge on any atom is -0.493 e. The van der Waals surface area contributed by atoms with Crippen LogP contribution in [0.2, 0.25) is 0 Å². The van der Waals surface area contributed by atoms with Gasteiger partial charge < -0.3 is 14.8 Å². The number of nitrogens with one attached hydrogen (secondary N) is 1. The van der Waals surface area contributed by atoms with Crippen molar-refractivity contribution in [1.29, 1.82) is 0 Å². The van der Waals surface area contributed by atoms with Gasteiger partial charge in [-0.2, -0.15) is 0 Å². The normalized spacial score (nSPS) is 10.7. The van der Waals surface area contributed by atoms with Gasteiger partial charge in [-0.1, -0.05) is 17.3 Å². The van der Waals surface area contributed by atoms with Crippen LogP contribution < -0.4 is 14.8 Å². The van der Waals surface area contributed by atoms with Crippen LogP contribution in [0.25, 0.3) is 11.0 Å². The van der Waals surface area contributed by atoms with Crippen LogP contribution in [0.5, 0.6) is 17.2 Å². The lowest BCUT2D eigenvalue weighted by atomic mass is 10.2. The summed E-state index contributed by atoms with van der Waals surface area (Å²) in [6, 6.07) is 19.9. The highest BCUT2D eigenvalue weighted by Gasteiger charge is 2.11. The zero-order chi connectivity index (χ0) is 20.2. The van der Waals surface area contributed by atoms with E-state index in [1.807, 2.05) is 37.3 Å². The summed E-state index contributed by atoms with van der Waals surface area (Å²) in [6.07, 6.45) is 0. The second-order valence-corrected chi connectivity index (χ2v) is 6.34. The Morgan fingerprint density at radius 3 is 2.52 bits per heavy atom. The van der Waals surface area contributed by atoms with Crippen molar-refractivity contribution < 1.29 is 14.3 Å². The van der Waals surface area contributed by atoms with Crippen LogP contribution in [0.4, 0.5) is 5.69 Å². The molecular weight excluding hydrogens is 368 g/mol. The lowest BCUT2D eigenvalue weighted by Crippen LogP contribution is -2.11. The number of carbonyl (C=O) groups excluding carboxylic acids is 1. The van der Waals surface area contributed by atoms with Gasteiger partial charge in [0.2, 0.25) is 0 Å². The molecular formula is C22H20N4O3. The molecule has 7 heteroatoms. The summed E-state index contributed by atoms with van der Waals surface area (Å²) in [5.74, 6) is 1.71. The third kappa shape index (κ3) is 3.89. The third-order valence-corrected chi connectivity index (χ3v) is 4.48. The number of ether oxygens (including phenoxy) is 2. The molecule has 0 atom stereocenters. The zero-order valence-electron chi connectivity index (χ0n) is 16.1. The topological polar surface area (TPSA) is 78.3 Å². The quantitative estimate of drug-likeness (QED) is 0.526. The summed E-state index contributed by atoms with van der Waals surface area (Å²) in [6.45, 7) is 2.72. The Morgan fingerprint density at radius 1 is 1.03 bits per heavy atom. The molecule has 4 aromatic rings. The lowest BCUT2D eigenvalue weighted by Gasteiger charge is -2.11. The molecule has 0 spiro atoms. The molecule has 29 heavy (non-hydrogen) atoms. The standard InChI is InChI=1S/C22H20N4O3/c1-3-26-19-13-8-15(14-18(19)24-25-26)22(27)23-16-9-11-17(12-10-16)29-21-7-5-4-6-20(21)28-2/h4-14H,3H2,1-2H3,(H,23,27). The fourth-order valence-corrected chi connectivity index (χ4v) is 2.99. The molecule has 0 saturated carbocycles. The molecule has 0 unspecified atom stereocenters. The summed E-state index contributed by atoms with van der Waals surface area (Å²) in [4.78, 5) is 12.6. The van der Waals surface area contributed by atoms with Gasteiger partial charge in [0.1, 0.15) is 11.3 Å². The van der Waals surface area contributed by atoms with E-state index in [0.29, 0.717) is 34.0 Å². The maximum atomic E-state index is 12.6. The molecule has 1 aromatic heterocycles. The van der Waals surface area contributed by atoms with Crippen molar-refractivity contribution in [2.75, 3.05) is 12.4 Å². The van der Waals surface area contributed by atoms with Crippen LogP contribution in [0.15, 0.2) is 66.7 Å². The largest absolute Gasteiger partial charge is 0.493 e. The predicted octanol–water partition coefficient (Wildman–Crippen LogP) is 4.50. The number of methoxy groups -OCH3 is 1. The van der Waals surface area contributed by atoms with Crippen LogP contribution in [0, 0.1) is 0 Å². The summed E-state index contributed by atoms with van der Waals surface area (Å²) < 4.78 is 12.9. The van der Waals surface area contributed by atoms with E-state index in [1.165, 1.54) is 0 Å².